The Bertz CT molecular complexity index is 470. The molecule has 1 aromatic rings. The maximum Gasteiger partial charge on any atom is 0.391 e. The van der Waals surface area contributed by atoms with E-state index < -0.39 is 18.1 Å². The Kier molecular flexibility index (Phi) is 3.59. The van der Waals surface area contributed by atoms with Gasteiger partial charge in [0.2, 0.25) is 0 Å². The third-order valence-corrected chi connectivity index (χ3v) is 3.14. The van der Waals surface area contributed by atoms with Crippen LogP contribution in [0.3, 0.4) is 0 Å². The van der Waals surface area contributed by atoms with Crippen LogP contribution >= 0.6 is 0 Å². The van der Waals surface area contributed by atoms with Crippen molar-refractivity contribution in [2.24, 2.45) is 5.92 Å². The third kappa shape index (κ3) is 2.94. The van der Waals surface area contributed by atoms with Crippen molar-refractivity contribution in [3.05, 3.63) is 18.1 Å². The minimum Gasteiger partial charge on any atom is -0.476 e. The summed E-state index contributed by atoms with van der Waals surface area (Å²) in [6, 6.07) is 0. The summed E-state index contributed by atoms with van der Waals surface area (Å²) in [5.74, 6) is -2.43. The van der Waals surface area contributed by atoms with Crippen molar-refractivity contribution in [2.45, 2.75) is 19.0 Å². The first kappa shape index (κ1) is 13.6. The van der Waals surface area contributed by atoms with Gasteiger partial charge in [-0.2, -0.15) is 13.2 Å². The van der Waals surface area contributed by atoms with Crippen molar-refractivity contribution in [1.82, 2.24) is 9.97 Å². The highest BCUT2D eigenvalue weighted by Crippen LogP contribution is 2.35. The third-order valence-electron chi connectivity index (χ3n) is 3.14. The lowest BCUT2D eigenvalue weighted by Gasteiger charge is -2.33. The van der Waals surface area contributed by atoms with Gasteiger partial charge in [0.1, 0.15) is 0 Å². The molecule has 5 nitrogen and oxygen atoms in total. The molecule has 0 atom stereocenters. The lowest BCUT2D eigenvalue weighted by Crippen LogP contribution is -2.40. The van der Waals surface area contributed by atoms with Crippen LogP contribution < -0.4 is 4.90 Å². The Labute approximate surface area is 107 Å². The molecule has 1 fully saturated rings. The number of nitrogens with zero attached hydrogens (tertiary/aromatic N) is 3. The normalized spacial score (nSPS) is 17.5. The fourth-order valence-corrected chi connectivity index (χ4v) is 2.13. The molecule has 1 saturated heterocycles. The van der Waals surface area contributed by atoms with Gasteiger partial charge < -0.3 is 10.0 Å². The zero-order chi connectivity index (χ0) is 14.0. The molecule has 0 aliphatic carbocycles. The average molecular weight is 275 g/mol. The zero-order valence-corrected chi connectivity index (χ0v) is 9.89. The second kappa shape index (κ2) is 5.02. The van der Waals surface area contributed by atoms with Gasteiger partial charge in [-0.3, -0.25) is 0 Å². The number of hydrogen-bond donors (Lipinski definition) is 1. The molecule has 8 heteroatoms. The molecule has 1 N–H and O–H groups in total. The Morgan fingerprint density at radius 2 is 1.84 bits per heavy atom. The van der Waals surface area contributed by atoms with Crippen molar-refractivity contribution in [3.63, 3.8) is 0 Å². The van der Waals surface area contributed by atoms with E-state index >= 15 is 0 Å². The molecule has 0 unspecified atom stereocenters. The Morgan fingerprint density at radius 3 is 2.37 bits per heavy atom. The van der Waals surface area contributed by atoms with E-state index in [1.54, 1.807) is 4.90 Å². The van der Waals surface area contributed by atoms with Crippen molar-refractivity contribution in [1.29, 1.82) is 0 Å². The molecule has 1 aliphatic rings. The fourth-order valence-electron chi connectivity index (χ4n) is 2.13. The summed E-state index contributed by atoms with van der Waals surface area (Å²) < 4.78 is 37.6. The van der Waals surface area contributed by atoms with Crippen LogP contribution in [0.4, 0.5) is 19.0 Å². The summed E-state index contributed by atoms with van der Waals surface area (Å²) in [5.41, 5.74) is -0.229. The van der Waals surface area contributed by atoms with Crippen LogP contribution in [0.25, 0.3) is 0 Å². The first-order chi connectivity index (χ1) is 8.89. The highest BCUT2D eigenvalue weighted by molar-refractivity contribution is 5.90. The number of aromatic carboxylic acids is 1. The molecular weight excluding hydrogens is 263 g/mol. The van der Waals surface area contributed by atoms with Crippen molar-refractivity contribution < 1.29 is 23.1 Å². The number of anilines is 1. The predicted molar refractivity (Wildman–Crippen MR) is 60.0 cm³/mol. The van der Waals surface area contributed by atoms with Crippen LogP contribution in [0.2, 0.25) is 0 Å². The molecule has 0 amide bonds. The number of carbonyl (C=O) groups is 1. The molecule has 2 heterocycles. The summed E-state index contributed by atoms with van der Waals surface area (Å²) in [5, 5.41) is 8.97. The minimum absolute atomic E-state index is 0.0564. The van der Waals surface area contributed by atoms with Gasteiger partial charge in [-0.05, 0) is 12.8 Å². The van der Waals surface area contributed by atoms with E-state index in [1.807, 2.05) is 0 Å². The maximum atomic E-state index is 12.5. The van der Waals surface area contributed by atoms with Crippen LogP contribution in [0.5, 0.6) is 0 Å². The van der Waals surface area contributed by atoms with Crippen LogP contribution in [-0.2, 0) is 0 Å². The van der Waals surface area contributed by atoms with E-state index in [2.05, 4.69) is 9.97 Å². The molecule has 0 radical (unpaired) electrons. The molecule has 2 rings (SSSR count). The first-order valence-corrected chi connectivity index (χ1v) is 5.75. The Hall–Kier alpha value is -1.86. The van der Waals surface area contributed by atoms with E-state index in [4.69, 9.17) is 5.11 Å². The molecule has 0 saturated carbocycles. The summed E-state index contributed by atoms with van der Waals surface area (Å²) in [6.07, 6.45) is -1.73. The largest absolute Gasteiger partial charge is 0.476 e. The average Bonchev–Trinajstić information content (AvgIpc) is 2.38. The highest BCUT2D eigenvalue weighted by Gasteiger charge is 2.41. The van der Waals surface area contributed by atoms with Gasteiger partial charge in [-0.15, -0.1) is 0 Å². The SMILES string of the molecule is O=C(O)c1nccnc1N1CCC(C(F)(F)F)CC1. The van der Waals surface area contributed by atoms with E-state index in [0.29, 0.717) is 0 Å². The van der Waals surface area contributed by atoms with Crippen LogP contribution in [0.1, 0.15) is 23.3 Å². The van der Waals surface area contributed by atoms with E-state index in [1.165, 1.54) is 12.4 Å². The Morgan fingerprint density at radius 1 is 1.26 bits per heavy atom. The topological polar surface area (TPSA) is 66.3 Å². The monoisotopic (exact) mass is 275 g/mol. The van der Waals surface area contributed by atoms with Crippen LogP contribution in [0, 0.1) is 5.92 Å². The smallest absolute Gasteiger partial charge is 0.391 e. The first-order valence-electron chi connectivity index (χ1n) is 5.75. The number of carboxylic acids is 1. The number of hydrogen-bond acceptors (Lipinski definition) is 4. The molecule has 0 spiro atoms. The van der Waals surface area contributed by atoms with Crippen LogP contribution in [0.15, 0.2) is 12.4 Å². The summed E-state index contributed by atoms with van der Waals surface area (Å²) in [6.45, 7) is 0.256. The van der Waals surface area contributed by atoms with E-state index in [-0.39, 0.29) is 37.4 Å². The lowest BCUT2D eigenvalue weighted by atomic mass is 9.96. The molecule has 19 heavy (non-hydrogen) atoms. The number of alkyl halides is 3. The Balaban J connectivity index is 2.12. The van der Waals surface area contributed by atoms with Gasteiger partial charge in [0, 0.05) is 25.5 Å². The molecule has 0 bridgehead atoms. The van der Waals surface area contributed by atoms with Gasteiger partial charge in [-0.1, -0.05) is 0 Å². The van der Waals surface area contributed by atoms with Gasteiger partial charge >= 0.3 is 12.1 Å². The van der Waals surface area contributed by atoms with E-state index in [0.717, 1.165) is 0 Å². The van der Waals surface area contributed by atoms with Gasteiger partial charge in [0.05, 0.1) is 5.92 Å². The number of rotatable bonds is 2. The van der Waals surface area contributed by atoms with Gasteiger partial charge in [0.15, 0.2) is 11.5 Å². The van der Waals surface area contributed by atoms with Crippen molar-refractivity contribution >= 4 is 11.8 Å². The number of piperidine rings is 1. The molecule has 1 aromatic heterocycles. The maximum absolute atomic E-state index is 12.5. The van der Waals surface area contributed by atoms with Crippen molar-refractivity contribution in [2.75, 3.05) is 18.0 Å². The molecule has 1 aliphatic heterocycles. The van der Waals surface area contributed by atoms with Gasteiger partial charge in [0.25, 0.3) is 0 Å². The second-order valence-corrected chi connectivity index (χ2v) is 4.34. The summed E-state index contributed by atoms with van der Waals surface area (Å²) >= 11 is 0. The predicted octanol–water partition coefficient (Wildman–Crippen LogP) is 1.95. The standard InChI is InChI=1S/C11H12F3N3O2/c12-11(13,14)7-1-5-17(6-2-7)9-8(10(18)19)15-3-4-16-9/h3-4,7H,1-2,5-6H2,(H,18,19). The highest BCUT2D eigenvalue weighted by atomic mass is 19.4. The quantitative estimate of drug-likeness (QED) is 0.893. The lowest BCUT2D eigenvalue weighted by molar-refractivity contribution is -0.179. The van der Waals surface area contributed by atoms with Gasteiger partial charge in [-0.25, -0.2) is 14.8 Å². The molecule has 0 aromatic carbocycles. The fraction of sp³-hybridized carbons (Fsp3) is 0.545. The minimum atomic E-state index is -4.19. The summed E-state index contributed by atoms with van der Waals surface area (Å²) in [4.78, 5) is 20.1. The van der Waals surface area contributed by atoms with Crippen LogP contribution in [-0.4, -0.2) is 40.3 Å². The second-order valence-electron chi connectivity index (χ2n) is 4.34. The number of carboxylic acid groups (broad SMARTS) is 1. The van der Waals surface area contributed by atoms with Crippen molar-refractivity contribution in [3.8, 4) is 0 Å². The molecular formula is C11H12F3N3O2. The number of halogens is 3. The molecule has 104 valence electrons. The van der Waals surface area contributed by atoms with E-state index in [9.17, 15) is 18.0 Å². The summed E-state index contributed by atoms with van der Waals surface area (Å²) in [7, 11) is 0. The number of aromatic nitrogens is 2. The zero-order valence-electron chi connectivity index (χ0n) is 9.89.